The summed E-state index contributed by atoms with van der Waals surface area (Å²) in [6.07, 6.45) is 0. The van der Waals surface area contributed by atoms with Crippen molar-refractivity contribution in [1.82, 2.24) is 0 Å². The minimum atomic E-state index is -0.826. The first-order valence-electron chi connectivity index (χ1n) is 13.1. The van der Waals surface area contributed by atoms with E-state index in [0.29, 0.717) is 0 Å². The molecule has 0 aliphatic carbocycles. The Morgan fingerprint density at radius 1 is 0.600 bits per heavy atom. The van der Waals surface area contributed by atoms with Gasteiger partial charge in [-0.1, -0.05) is 74.1 Å². The predicted molar refractivity (Wildman–Crippen MR) is 178 cm³/mol. The summed E-state index contributed by atoms with van der Waals surface area (Å²) < 4.78 is 0. The third-order valence-corrected chi connectivity index (χ3v) is 6.07. The Kier molecular flexibility index (Phi) is 14.3. The normalized spacial score (nSPS) is 9.72. The molecule has 0 unspecified atom stereocenters. The van der Waals surface area contributed by atoms with E-state index in [1.54, 1.807) is 0 Å². The molecule has 0 saturated heterocycles. The van der Waals surface area contributed by atoms with Gasteiger partial charge < -0.3 is 0 Å². The molecule has 0 fully saturated rings. The zero-order valence-corrected chi connectivity index (χ0v) is 28.1. The molecular formula is C36H33Cl2SiZr-3. The van der Waals surface area contributed by atoms with Crippen LogP contribution in [0.5, 0.6) is 0 Å². The summed E-state index contributed by atoms with van der Waals surface area (Å²) in [6.45, 7) is 6.45. The van der Waals surface area contributed by atoms with E-state index in [9.17, 15) is 0 Å². The molecule has 40 heavy (non-hydrogen) atoms. The maximum absolute atomic E-state index is 4.93. The predicted octanol–water partition coefficient (Wildman–Crippen LogP) is 11.8. The summed E-state index contributed by atoms with van der Waals surface area (Å²) in [5.41, 5.74) is 3.95. The molecule has 2 radical (unpaired) electrons. The molecule has 202 valence electrons. The fourth-order valence-corrected chi connectivity index (χ4v) is 4.39. The van der Waals surface area contributed by atoms with Crippen LogP contribution in [0.2, 0.25) is 13.1 Å². The molecule has 0 N–H and O–H groups in total. The largest absolute Gasteiger partial charge is 0.168 e. The standard InChI is InChI=1S/C16H13.2C9H7.C2H6Si.2ClH.Zr/c1-12-10-14-8-5-9-15(16(14)11-12)13-6-3-2-4-7-13;2*1-2-5-9-7-3-6-8(9)4-1;1-3-2;;;/h2-11H,1H3;2*1-7H;1-2H3;2*1H;/q3*-1;;;;+2/p-2. The van der Waals surface area contributed by atoms with Crippen LogP contribution in [0, 0.1) is 6.92 Å². The molecule has 0 nitrogen and oxygen atoms in total. The molecule has 0 atom stereocenters. The van der Waals surface area contributed by atoms with Crippen LogP contribution < -0.4 is 0 Å². The summed E-state index contributed by atoms with van der Waals surface area (Å²) in [5, 5.41) is 8.01. The minimum Gasteiger partial charge on any atom is -0.168 e. The van der Waals surface area contributed by atoms with E-state index in [-0.39, 0.29) is 0 Å². The average molecular weight is 656 g/mol. The molecule has 4 heteroatoms. The summed E-state index contributed by atoms with van der Waals surface area (Å²) >= 11 is -0.826. The number of fused-ring (bicyclic) bond motifs is 3. The van der Waals surface area contributed by atoms with Gasteiger partial charge in [-0.15, -0.1) is 93.8 Å². The van der Waals surface area contributed by atoms with Crippen LogP contribution in [-0.2, 0) is 20.8 Å². The van der Waals surface area contributed by atoms with Gasteiger partial charge in [0.05, 0.1) is 0 Å². The SMILES string of the molecule is C[Si]C.Cc1cc2c(-c3ccccc3)cccc2[cH-]1.[Cl][Zr][Cl].c1ccc2[cH-]ccc2c1.c1ccc2[cH-]ccc2c1. The fraction of sp³-hybridized carbons (Fsp3) is 0.0833. The Morgan fingerprint density at radius 3 is 1.60 bits per heavy atom. The molecule has 0 aliphatic heterocycles. The second-order valence-electron chi connectivity index (χ2n) is 9.09. The van der Waals surface area contributed by atoms with Crippen LogP contribution in [0.3, 0.4) is 0 Å². The van der Waals surface area contributed by atoms with E-state index >= 15 is 0 Å². The monoisotopic (exact) mass is 653 g/mol. The van der Waals surface area contributed by atoms with E-state index < -0.39 is 20.8 Å². The molecule has 0 spiro atoms. The first-order chi connectivity index (χ1) is 19.6. The van der Waals surface area contributed by atoms with Crippen molar-refractivity contribution in [3.63, 3.8) is 0 Å². The van der Waals surface area contributed by atoms with Crippen molar-refractivity contribution in [3.8, 4) is 11.1 Å². The molecule has 0 amide bonds. The molecule has 7 aromatic carbocycles. The number of rotatable bonds is 1. The third-order valence-electron chi connectivity index (χ3n) is 6.07. The number of halogens is 2. The molecule has 0 saturated carbocycles. The molecule has 0 bridgehead atoms. The number of hydrogen-bond donors (Lipinski definition) is 0. The van der Waals surface area contributed by atoms with E-state index in [1.165, 1.54) is 49.0 Å². The van der Waals surface area contributed by atoms with Crippen molar-refractivity contribution in [2.24, 2.45) is 0 Å². The van der Waals surface area contributed by atoms with Crippen molar-refractivity contribution in [3.05, 3.63) is 151 Å². The van der Waals surface area contributed by atoms with Gasteiger partial charge in [0, 0.05) is 9.52 Å². The molecule has 0 aromatic heterocycles. The van der Waals surface area contributed by atoms with Gasteiger partial charge in [-0.2, -0.15) is 41.1 Å². The Hall–Kier alpha value is -2.61. The average Bonchev–Trinajstić information content (AvgIpc) is 3.74. The van der Waals surface area contributed by atoms with Crippen LogP contribution in [0.1, 0.15) is 5.56 Å². The number of aryl methyl sites for hydroxylation is 1. The van der Waals surface area contributed by atoms with Crippen molar-refractivity contribution in [1.29, 1.82) is 0 Å². The smallest absolute Gasteiger partial charge is 0.0809 e. The van der Waals surface area contributed by atoms with Gasteiger partial charge in [0.15, 0.2) is 0 Å². The Labute approximate surface area is 260 Å². The zero-order valence-electron chi connectivity index (χ0n) is 23.1. The second kappa shape index (κ2) is 17.9. The molecular weight excluding hydrogens is 623 g/mol. The van der Waals surface area contributed by atoms with Crippen LogP contribution in [-0.4, -0.2) is 9.52 Å². The topological polar surface area (TPSA) is 0 Å². The number of hydrogen-bond acceptors (Lipinski definition) is 0. The van der Waals surface area contributed by atoms with Crippen LogP contribution >= 0.6 is 17.0 Å². The van der Waals surface area contributed by atoms with Gasteiger partial charge in [0.2, 0.25) is 0 Å². The third kappa shape index (κ3) is 9.79. The summed E-state index contributed by atoms with van der Waals surface area (Å²) in [5.74, 6) is 0. The zero-order chi connectivity index (χ0) is 28.6. The maximum Gasteiger partial charge on any atom is -0.0809 e. The molecule has 7 rings (SSSR count). The van der Waals surface area contributed by atoms with Crippen LogP contribution in [0.4, 0.5) is 0 Å². The van der Waals surface area contributed by atoms with Gasteiger partial charge in [-0.3, -0.25) is 0 Å². The van der Waals surface area contributed by atoms with Crippen LogP contribution in [0.15, 0.2) is 146 Å². The van der Waals surface area contributed by atoms with Crippen molar-refractivity contribution < 1.29 is 20.8 Å². The molecule has 7 aromatic rings. The molecule has 0 aliphatic rings. The van der Waals surface area contributed by atoms with Crippen LogP contribution in [0.25, 0.3) is 43.4 Å². The molecule has 0 heterocycles. The van der Waals surface area contributed by atoms with E-state index in [4.69, 9.17) is 17.0 Å². The van der Waals surface area contributed by atoms with Gasteiger partial charge >= 0.3 is 37.9 Å². The van der Waals surface area contributed by atoms with Gasteiger partial charge in [0.25, 0.3) is 0 Å². The summed E-state index contributed by atoms with van der Waals surface area (Å²) in [4.78, 5) is 0. The van der Waals surface area contributed by atoms with Crippen molar-refractivity contribution in [2.45, 2.75) is 20.0 Å². The maximum atomic E-state index is 4.93. The summed E-state index contributed by atoms with van der Waals surface area (Å²) in [6, 6.07) is 50.9. The van der Waals surface area contributed by atoms with E-state index in [1.807, 2.05) is 0 Å². The van der Waals surface area contributed by atoms with Crippen molar-refractivity contribution >= 4 is 58.9 Å². The quantitative estimate of drug-likeness (QED) is 0.122. The Balaban J connectivity index is 0.000000158. The first-order valence-corrected chi connectivity index (χ1v) is 21.4. The van der Waals surface area contributed by atoms with E-state index in [2.05, 4.69) is 166 Å². The van der Waals surface area contributed by atoms with Gasteiger partial charge in [-0.25, -0.2) is 0 Å². The number of benzene rings is 4. The second-order valence-corrected chi connectivity index (χ2v) is 13.8. The first kappa shape index (κ1) is 31.9. The Bertz CT molecular complexity index is 1530. The summed E-state index contributed by atoms with van der Waals surface area (Å²) in [7, 11) is 11.0. The Morgan fingerprint density at radius 2 is 1.07 bits per heavy atom. The van der Waals surface area contributed by atoms with Gasteiger partial charge in [-0.05, 0) is 5.56 Å². The fourth-order valence-electron chi connectivity index (χ4n) is 4.39. The minimum absolute atomic E-state index is 0.826. The van der Waals surface area contributed by atoms with Crippen molar-refractivity contribution in [2.75, 3.05) is 0 Å². The van der Waals surface area contributed by atoms with E-state index in [0.717, 1.165) is 9.52 Å². The van der Waals surface area contributed by atoms with Gasteiger partial charge in [0.1, 0.15) is 0 Å².